The summed E-state index contributed by atoms with van der Waals surface area (Å²) >= 11 is 3.96. The molecule has 0 aliphatic carbocycles. The lowest BCUT2D eigenvalue weighted by Crippen LogP contribution is -2.18. The maximum atomic E-state index is 12.6. The average Bonchev–Trinajstić information content (AvgIpc) is 2.63. The maximum Gasteiger partial charge on any atom is 0.406 e. The minimum Gasteiger partial charge on any atom is -0.481 e. The van der Waals surface area contributed by atoms with Crippen LogP contribution in [0.5, 0.6) is 0 Å². The molecule has 0 unspecified atom stereocenters. The zero-order valence-electron chi connectivity index (χ0n) is 9.82. The molecule has 9 heteroatoms. The van der Waals surface area contributed by atoms with Crippen molar-refractivity contribution < 1.29 is 23.1 Å². The highest BCUT2D eigenvalue weighted by atomic mass is 79.9. The first-order chi connectivity index (χ1) is 9.26. The van der Waals surface area contributed by atoms with Crippen LogP contribution in [-0.4, -0.2) is 32.6 Å². The molecular weight excluding hydrogens is 361 g/mol. The molecule has 0 amide bonds. The van der Waals surface area contributed by atoms with Crippen LogP contribution in [-0.2, 0) is 11.3 Å². The van der Waals surface area contributed by atoms with Crippen LogP contribution in [0.25, 0.3) is 11.0 Å². The Bertz CT molecular complexity index is 657. The molecule has 0 saturated carbocycles. The molecular formula is C11H8BrF3N2O2S. The molecule has 20 heavy (non-hydrogen) atoms. The smallest absolute Gasteiger partial charge is 0.406 e. The zero-order valence-corrected chi connectivity index (χ0v) is 12.2. The summed E-state index contributed by atoms with van der Waals surface area (Å²) in [4.78, 5) is 14.6. The van der Waals surface area contributed by atoms with Crippen LogP contribution in [0.4, 0.5) is 13.2 Å². The van der Waals surface area contributed by atoms with Crippen molar-refractivity contribution in [2.45, 2.75) is 17.9 Å². The van der Waals surface area contributed by atoms with Gasteiger partial charge in [-0.25, -0.2) is 4.98 Å². The summed E-state index contributed by atoms with van der Waals surface area (Å²) in [5.74, 6) is -1.45. The van der Waals surface area contributed by atoms with Crippen molar-refractivity contribution in [2.24, 2.45) is 0 Å². The first-order valence-electron chi connectivity index (χ1n) is 5.33. The number of hydrogen-bond acceptors (Lipinski definition) is 3. The molecule has 1 N–H and O–H groups in total. The molecule has 0 radical (unpaired) electrons. The van der Waals surface area contributed by atoms with Gasteiger partial charge in [-0.1, -0.05) is 27.7 Å². The predicted molar refractivity (Wildman–Crippen MR) is 71.8 cm³/mol. The van der Waals surface area contributed by atoms with Crippen LogP contribution in [0, 0.1) is 0 Å². The number of aliphatic carboxylic acids is 1. The molecule has 0 atom stereocenters. The fourth-order valence-corrected chi connectivity index (χ4v) is 2.73. The second-order valence-corrected chi connectivity index (χ2v) is 5.77. The van der Waals surface area contributed by atoms with Crippen molar-refractivity contribution in [1.82, 2.24) is 9.55 Å². The molecule has 0 aliphatic rings. The van der Waals surface area contributed by atoms with Crippen LogP contribution in [0.1, 0.15) is 0 Å². The van der Waals surface area contributed by atoms with E-state index in [1.807, 2.05) is 0 Å². The van der Waals surface area contributed by atoms with Crippen molar-refractivity contribution in [2.75, 3.05) is 5.75 Å². The monoisotopic (exact) mass is 368 g/mol. The summed E-state index contributed by atoms with van der Waals surface area (Å²) in [6, 6.07) is 4.77. The number of carboxylic acids is 1. The lowest BCUT2D eigenvalue weighted by atomic mass is 10.3. The molecule has 1 heterocycles. The molecule has 0 bridgehead atoms. The minimum absolute atomic E-state index is 0.0397. The van der Waals surface area contributed by atoms with Gasteiger partial charge in [0.05, 0.1) is 16.8 Å². The second-order valence-electron chi connectivity index (χ2n) is 3.91. The summed E-state index contributed by atoms with van der Waals surface area (Å²) in [5, 5.41) is 8.67. The number of aromatic nitrogens is 2. The van der Waals surface area contributed by atoms with Crippen molar-refractivity contribution in [1.29, 1.82) is 0 Å². The largest absolute Gasteiger partial charge is 0.481 e. The summed E-state index contributed by atoms with van der Waals surface area (Å²) < 4.78 is 39.5. The number of halogens is 4. The van der Waals surface area contributed by atoms with Crippen molar-refractivity contribution in [3.8, 4) is 0 Å². The fourth-order valence-electron chi connectivity index (χ4n) is 1.64. The van der Waals surface area contributed by atoms with E-state index in [4.69, 9.17) is 5.11 Å². The summed E-state index contributed by atoms with van der Waals surface area (Å²) in [6.45, 7) is -1.21. The zero-order chi connectivity index (χ0) is 14.9. The predicted octanol–water partition coefficient (Wildman–Crippen LogP) is 3.54. The Morgan fingerprint density at radius 3 is 2.75 bits per heavy atom. The number of rotatable bonds is 4. The van der Waals surface area contributed by atoms with E-state index < -0.39 is 18.7 Å². The van der Waals surface area contributed by atoms with Gasteiger partial charge in [0, 0.05) is 4.47 Å². The Hall–Kier alpha value is -1.22. The standard InChI is InChI=1S/C11H8BrF3N2O2S/c12-6-1-2-7-8(3-6)17(5-11(13,14)15)10(16-7)20-4-9(18)19/h1-3H,4-5H2,(H,18,19). The lowest BCUT2D eigenvalue weighted by Gasteiger charge is -2.11. The molecule has 0 saturated heterocycles. The van der Waals surface area contributed by atoms with Gasteiger partial charge in [0.15, 0.2) is 5.16 Å². The van der Waals surface area contributed by atoms with E-state index in [9.17, 15) is 18.0 Å². The van der Waals surface area contributed by atoms with Crippen LogP contribution < -0.4 is 0 Å². The summed E-state index contributed by atoms with van der Waals surface area (Å²) in [7, 11) is 0. The number of carbonyl (C=O) groups is 1. The summed E-state index contributed by atoms with van der Waals surface area (Å²) in [6.07, 6.45) is -4.41. The normalized spacial score (nSPS) is 12.0. The molecule has 4 nitrogen and oxygen atoms in total. The molecule has 1 aromatic heterocycles. The summed E-state index contributed by atoms with van der Waals surface area (Å²) in [5.41, 5.74) is 0.704. The quantitative estimate of drug-likeness (QED) is 0.838. The van der Waals surface area contributed by atoms with E-state index in [0.717, 1.165) is 16.3 Å². The van der Waals surface area contributed by atoms with E-state index >= 15 is 0 Å². The third kappa shape index (κ3) is 3.66. The minimum atomic E-state index is -4.41. The van der Waals surface area contributed by atoms with E-state index in [1.165, 1.54) is 6.07 Å². The maximum absolute atomic E-state index is 12.6. The Balaban J connectivity index is 2.48. The molecule has 0 fully saturated rings. The molecule has 108 valence electrons. The number of carboxylic acid groups (broad SMARTS) is 1. The van der Waals surface area contributed by atoms with E-state index in [0.29, 0.717) is 15.5 Å². The van der Waals surface area contributed by atoms with Gasteiger partial charge >= 0.3 is 12.1 Å². The molecule has 1 aromatic carbocycles. The Labute approximate surface area is 124 Å². The number of nitrogens with zero attached hydrogens (tertiary/aromatic N) is 2. The SMILES string of the molecule is O=C(O)CSc1nc2ccc(Br)cc2n1CC(F)(F)F. The molecule has 0 aliphatic heterocycles. The lowest BCUT2D eigenvalue weighted by molar-refractivity contribution is -0.141. The first-order valence-corrected chi connectivity index (χ1v) is 7.11. The van der Waals surface area contributed by atoms with Gasteiger partial charge in [-0.3, -0.25) is 4.79 Å². The van der Waals surface area contributed by atoms with E-state index in [2.05, 4.69) is 20.9 Å². The van der Waals surface area contributed by atoms with Gasteiger partial charge in [-0.2, -0.15) is 13.2 Å². The fraction of sp³-hybridized carbons (Fsp3) is 0.273. The molecule has 2 rings (SSSR count). The number of thioether (sulfide) groups is 1. The highest BCUT2D eigenvalue weighted by Crippen LogP contribution is 2.29. The van der Waals surface area contributed by atoms with E-state index in [-0.39, 0.29) is 10.9 Å². The van der Waals surface area contributed by atoms with E-state index in [1.54, 1.807) is 12.1 Å². The highest BCUT2D eigenvalue weighted by Gasteiger charge is 2.30. The van der Waals surface area contributed by atoms with Gasteiger partial charge in [0.25, 0.3) is 0 Å². The third-order valence-corrected chi connectivity index (χ3v) is 3.79. The van der Waals surface area contributed by atoms with Crippen LogP contribution in [0.3, 0.4) is 0 Å². The van der Waals surface area contributed by atoms with Crippen LogP contribution in [0.2, 0.25) is 0 Å². The van der Waals surface area contributed by atoms with Gasteiger partial charge in [0.2, 0.25) is 0 Å². The number of imidazole rings is 1. The van der Waals surface area contributed by atoms with Crippen molar-refractivity contribution in [3.05, 3.63) is 22.7 Å². The van der Waals surface area contributed by atoms with Gasteiger partial charge in [0.1, 0.15) is 6.54 Å². The Kier molecular flexibility index (Phi) is 4.28. The van der Waals surface area contributed by atoms with Crippen molar-refractivity contribution >= 4 is 44.7 Å². The van der Waals surface area contributed by atoms with Gasteiger partial charge < -0.3 is 9.67 Å². The highest BCUT2D eigenvalue weighted by molar-refractivity contribution is 9.10. The topological polar surface area (TPSA) is 55.1 Å². The number of fused-ring (bicyclic) bond motifs is 1. The van der Waals surface area contributed by atoms with Gasteiger partial charge in [-0.05, 0) is 18.2 Å². The second kappa shape index (κ2) is 5.65. The Morgan fingerprint density at radius 1 is 1.45 bits per heavy atom. The number of alkyl halides is 3. The molecule has 0 spiro atoms. The van der Waals surface area contributed by atoms with Crippen LogP contribution >= 0.6 is 27.7 Å². The molecule has 2 aromatic rings. The van der Waals surface area contributed by atoms with Crippen LogP contribution in [0.15, 0.2) is 27.8 Å². The number of benzene rings is 1. The van der Waals surface area contributed by atoms with Gasteiger partial charge in [-0.15, -0.1) is 0 Å². The third-order valence-electron chi connectivity index (χ3n) is 2.34. The number of hydrogen-bond donors (Lipinski definition) is 1. The Morgan fingerprint density at radius 2 is 2.15 bits per heavy atom. The average molecular weight is 369 g/mol. The van der Waals surface area contributed by atoms with Crippen molar-refractivity contribution in [3.63, 3.8) is 0 Å². The first kappa shape index (κ1) is 15.2.